The van der Waals surface area contributed by atoms with E-state index in [1.165, 1.54) is 5.56 Å². The number of nitrogens with zero attached hydrogens (tertiary/aromatic N) is 4. The lowest BCUT2D eigenvalue weighted by molar-refractivity contribution is -0.127. The first kappa shape index (κ1) is 23.7. The molecule has 1 atom stereocenters. The van der Waals surface area contributed by atoms with E-state index in [0.717, 1.165) is 35.7 Å². The van der Waals surface area contributed by atoms with Crippen molar-refractivity contribution in [2.75, 3.05) is 31.5 Å². The summed E-state index contributed by atoms with van der Waals surface area (Å²) in [6.45, 7) is 7.20. The molecule has 2 amide bonds. The van der Waals surface area contributed by atoms with Gasteiger partial charge >= 0.3 is 0 Å². The maximum atomic E-state index is 12.9. The summed E-state index contributed by atoms with van der Waals surface area (Å²) in [7, 11) is 0. The van der Waals surface area contributed by atoms with E-state index in [-0.39, 0.29) is 12.5 Å². The summed E-state index contributed by atoms with van der Waals surface area (Å²) in [6, 6.07) is 19.7. The molecule has 1 aromatic heterocycles. The Labute approximate surface area is 200 Å². The van der Waals surface area contributed by atoms with E-state index in [9.17, 15) is 9.59 Å². The van der Waals surface area contributed by atoms with Crippen molar-refractivity contribution in [1.82, 2.24) is 19.6 Å². The van der Waals surface area contributed by atoms with Gasteiger partial charge < -0.3 is 11.1 Å². The van der Waals surface area contributed by atoms with E-state index in [4.69, 9.17) is 5.73 Å². The third kappa shape index (κ3) is 5.70. The number of primary amides is 1. The Balaban J connectivity index is 1.38. The first-order valence-electron chi connectivity index (χ1n) is 11.6. The third-order valence-corrected chi connectivity index (χ3v) is 6.32. The topological polar surface area (TPSA) is 96.5 Å². The summed E-state index contributed by atoms with van der Waals surface area (Å²) in [5.74, 6) is -0.582. The van der Waals surface area contributed by atoms with Gasteiger partial charge in [0.2, 0.25) is 11.8 Å². The van der Waals surface area contributed by atoms with Gasteiger partial charge in [-0.1, -0.05) is 60.7 Å². The summed E-state index contributed by atoms with van der Waals surface area (Å²) >= 11 is 0. The van der Waals surface area contributed by atoms with Crippen LogP contribution >= 0.6 is 0 Å². The average molecular weight is 461 g/mol. The van der Waals surface area contributed by atoms with Crippen LogP contribution in [0.2, 0.25) is 0 Å². The smallest absolute Gasteiger partial charge is 0.238 e. The number of carbonyl (C=O) groups excluding carboxylic acids is 2. The van der Waals surface area contributed by atoms with Crippen molar-refractivity contribution >= 4 is 17.5 Å². The van der Waals surface area contributed by atoms with Crippen molar-refractivity contribution in [2.24, 2.45) is 5.73 Å². The second kappa shape index (κ2) is 10.6. The number of anilines is 1. The molecular weight excluding hydrogens is 428 g/mol. The number of carbonyl (C=O) groups is 2. The van der Waals surface area contributed by atoms with Crippen molar-refractivity contribution in [2.45, 2.75) is 33.0 Å². The van der Waals surface area contributed by atoms with Gasteiger partial charge in [-0.3, -0.25) is 24.1 Å². The monoisotopic (exact) mass is 460 g/mol. The molecule has 0 spiro atoms. The molecule has 1 saturated heterocycles. The number of aryl methyl sites for hydroxylation is 1. The zero-order valence-electron chi connectivity index (χ0n) is 19.8. The number of rotatable bonds is 8. The maximum absolute atomic E-state index is 12.9. The van der Waals surface area contributed by atoms with Crippen LogP contribution in [0.1, 0.15) is 22.5 Å². The van der Waals surface area contributed by atoms with Crippen LogP contribution in [0.4, 0.5) is 5.69 Å². The highest BCUT2D eigenvalue weighted by atomic mass is 16.2. The molecule has 178 valence electrons. The Morgan fingerprint density at radius 3 is 2.21 bits per heavy atom. The van der Waals surface area contributed by atoms with Gasteiger partial charge in [0.05, 0.1) is 30.2 Å². The molecule has 0 unspecified atom stereocenters. The Morgan fingerprint density at radius 2 is 1.59 bits per heavy atom. The Morgan fingerprint density at radius 1 is 0.971 bits per heavy atom. The van der Waals surface area contributed by atoms with Crippen LogP contribution in [0.5, 0.6) is 0 Å². The fourth-order valence-electron chi connectivity index (χ4n) is 4.47. The van der Waals surface area contributed by atoms with Crippen molar-refractivity contribution in [3.63, 3.8) is 0 Å². The molecule has 0 bridgehead atoms. The Kier molecular flexibility index (Phi) is 7.40. The molecule has 8 heteroatoms. The first-order chi connectivity index (χ1) is 16.4. The number of aromatic nitrogens is 2. The third-order valence-electron chi connectivity index (χ3n) is 6.32. The largest absolute Gasteiger partial charge is 0.368 e. The predicted molar refractivity (Wildman–Crippen MR) is 132 cm³/mol. The lowest BCUT2D eigenvalue weighted by Gasteiger charge is -2.39. The van der Waals surface area contributed by atoms with Gasteiger partial charge in [-0.25, -0.2) is 0 Å². The van der Waals surface area contributed by atoms with Gasteiger partial charge in [-0.2, -0.15) is 5.10 Å². The quantitative estimate of drug-likeness (QED) is 0.537. The van der Waals surface area contributed by atoms with Crippen molar-refractivity contribution in [3.8, 4) is 0 Å². The van der Waals surface area contributed by atoms with Crippen LogP contribution < -0.4 is 11.1 Å². The fourth-order valence-corrected chi connectivity index (χ4v) is 4.47. The number of nitrogens with two attached hydrogens (primary N) is 1. The zero-order chi connectivity index (χ0) is 24.1. The molecule has 4 rings (SSSR count). The lowest BCUT2D eigenvalue weighted by atomic mass is 10.1. The number of benzene rings is 2. The van der Waals surface area contributed by atoms with Crippen LogP contribution in [0, 0.1) is 13.8 Å². The van der Waals surface area contributed by atoms with Gasteiger partial charge in [-0.05, 0) is 25.0 Å². The van der Waals surface area contributed by atoms with Gasteiger partial charge in [0.15, 0.2) is 0 Å². The second-order valence-electron chi connectivity index (χ2n) is 8.85. The molecular formula is C26H32N6O2. The molecule has 34 heavy (non-hydrogen) atoms. The molecule has 2 aromatic carbocycles. The lowest BCUT2D eigenvalue weighted by Crippen LogP contribution is -2.59. The molecule has 1 aliphatic heterocycles. The van der Waals surface area contributed by atoms with E-state index in [2.05, 4.69) is 39.6 Å². The fraction of sp³-hybridized carbons (Fsp3) is 0.346. The van der Waals surface area contributed by atoms with E-state index < -0.39 is 11.9 Å². The molecule has 1 aliphatic rings. The van der Waals surface area contributed by atoms with Crippen molar-refractivity contribution in [3.05, 3.63) is 83.2 Å². The minimum atomic E-state index is -0.508. The minimum absolute atomic E-state index is 0.107. The molecule has 3 aromatic rings. The highest BCUT2D eigenvalue weighted by Gasteiger charge is 2.32. The maximum Gasteiger partial charge on any atom is 0.238 e. The highest BCUT2D eigenvalue weighted by molar-refractivity contribution is 5.94. The first-order valence-corrected chi connectivity index (χ1v) is 11.6. The van der Waals surface area contributed by atoms with Crippen molar-refractivity contribution in [1.29, 1.82) is 0 Å². The standard InChI is InChI=1S/C26H32N6O2/c1-19-25(20(2)32(29-19)16-22-11-7-4-8-12-22)28-24(33)18-31-14-13-30(17-23(31)26(27)34)15-21-9-5-3-6-10-21/h3-12,23H,13-18H2,1-2H3,(H2,27,34)(H,28,33)/t23-/m0/s1. The molecule has 1 fully saturated rings. The summed E-state index contributed by atoms with van der Waals surface area (Å²) in [4.78, 5) is 29.2. The van der Waals surface area contributed by atoms with Gasteiger partial charge in [0.1, 0.15) is 6.04 Å². The predicted octanol–water partition coefficient (Wildman–Crippen LogP) is 2.16. The van der Waals surface area contributed by atoms with Gasteiger partial charge in [0.25, 0.3) is 0 Å². The van der Waals surface area contributed by atoms with Crippen LogP contribution in [-0.2, 0) is 22.7 Å². The van der Waals surface area contributed by atoms with E-state index in [1.54, 1.807) is 0 Å². The zero-order valence-corrected chi connectivity index (χ0v) is 19.8. The summed E-state index contributed by atoms with van der Waals surface area (Å²) in [5, 5.41) is 7.62. The van der Waals surface area contributed by atoms with E-state index in [0.29, 0.717) is 19.6 Å². The van der Waals surface area contributed by atoms with Crippen molar-refractivity contribution < 1.29 is 9.59 Å². The summed E-state index contributed by atoms with van der Waals surface area (Å²) in [5.41, 5.74) is 10.4. The average Bonchev–Trinajstić information content (AvgIpc) is 3.08. The SMILES string of the molecule is Cc1nn(Cc2ccccc2)c(C)c1NC(=O)CN1CCN(Cc2ccccc2)C[C@H]1C(N)=O. The number of amides is 2. The molecule has 0 aliphatic carbocycles. The Bertz CT molecular complexity index is 1130. The molecule has 2 heterocycles. The second-order valence-corrected chi connectivity index (χ2v) is 8.85. The van der Waals surface area contributed by atoms with Crippen LogP contribution in [0.15, 0.2) is 60.7 Å². The minimum Gasteiger partial charge on any atom is -0.368 e. The number of piperazine rings is 1. The van der Waals surface area contributed by atoms with Crippen LogP contribution in [-0.4, -0.2) is 63.6 Å². The highest BCUT2D eigenvalue weighted by Crippen LogP contribution is 2.21. The number of hydrogen-bond acceptors (Lipinski definition) is 5. The molecule has 0 saturated carbocycles. The number of nitrogens with one attached hydrogen (secondary N) is 1. The van der Waals surface area contributed by atoms with Crippen LogP contribution in [0.3, 0.4) is 0 Å². The molecule has 8 nitrogen and oxygen atoms in total. The summed E-state index contributed by atoms with van der Waals surface area (Å²) < 4.78 is 1.90. The van der Waals surface area contributed by atoms with E-state index >= 15 is 0 Å². The van der Waals surface area contributed by atoms with Crippen LogP contribution in [0.25, 0.3) is 0 Å². The van der Waals surface area contributed by atoms with Gasteiger partial charge in [0, 0.05) is 26.2 Å². The number of hydrogen-bond donors (Lipinski definition) is 2. The van der Waals surface area contributed by atoms with E-state index in [1.807, 2.05) is 59.8 Å². The molecule has 3 N–H and O–H groups in total. The Hall–Kier alpha value is -3.49. The summed E-state index contributed by atoms with van der Waals surface area (Å²) in [6.07, 6.45) is 0. The molecule has 0 radical (unpaired) electrons. The normalized spacial score (nSPS) is 16.9. The van der Waals surface area contributed by atoms with Gasteiger partial charge in [-0.15, -0.1) is 0 Å².